The monoisotopic (exact) mass is 257 g/mol. The zero-order chi connectivity index (χ0) is 13.5. The quantitative estimate of drug-likeness (QED) is 0.773. The van der Waals surface area contributed by atoms with Gasteiger partial charge < -0.3 is 9.15 Å². The van der Waals surface area contributed by atoms with Crippen molar-refractivity contribution in [3.63, 3.8) is 0 Å². The van der Waals surface area contributed by atoms with Crippen LogP contribution < -0.4 is 0 Å². The molecule has 98 valence electrons. The Labute approximate surface area is 111 Å². The molecule has 4 heteroatoms. The van der Waals surface area contributed by atoms with Gasteiger partial charge in [-0.1, -0.05) is 30.3 Å². The number of nitrogens with zero attached hydrogens (tertiary/aromatic N) is 1. The average molecular weight is 257 g/mol. The number of rotatable bonds is 5. The lowest BCUT2D eigenvalue weighted by Crippen LogP contribution is -2.07. The van der Waals surface area contributed by atoms with Gasteiger partial charge >= 0.3 is 5.97 Å². The van der Waals surface area contributed by atoms with E-state index in [1.54, 1.807) is 13.0 Å². The topological polar surface area (TPSA) is 52.3 Å². The Kier molecular flexibility index (Phi) is 4.50. The molecule has 0 bridgehead atoms. The van der Waals surface area contributed by atoms with Gasteiger partial charge in [0.2, 0.25) is 5.89 Å². The summed E-state index contributed by atoms with van der Waals surface area (Å²) in [5.41, 5.74) is 1.64. The van der Waals surface area contributed by atoms with E-state index in [1.807, 2.05) is 36.4 Å². The predicted octanol–water partition coefficient (Wildman–Crippen LogP) is 2.95. The van der Waals surface area contributed by atoms with E-state index in [4.69, 9.17) is 9.15 Å². The minimum absolute atomic E-state index is 0.135. The van der Waals surface area contributed by atoms with Gasteiger partial charge in [-0.15, -0.1) is 0 Å². The van der Waals surface area contributed by atoms with Gasteiger partial charge in [-0.3, -0.25) is 4.79 Å². The molecule has 0 saturated carbocycles. The SMILES string of the molecule is CCOC(=O)Cc1coc(/C=C/c2ccccc2)n1. The number of hydrogen-bond acceptors (Lipinski definition) is 4. The summed E-state index contributed by atoms with van der Waals surface area (Å²) in [6.07, 6.45) is 5.28. The Hall–Kier alpha value is -2.36. The van der Waals surface area contributed by atoms with E-state index in [-0.39, 0.29) is 12.4 Å². The maximum Gasteiger partial charge on any atom is 0.311 e. The molecule has 0 aliphatic heterocycles. The summed E-state index contributed by atoms with van der Waals surface area (Å²) >= 11 is 0. The van der Waals surface area contributed by atoms with Crippen molar-refractivity contribution in [3.8, 4) is 0 Å². The largest absolute Gasteiger partial charge is 0.466 e. The van der Waals surface area contributed by atoms with E-state index in [9.17, 15) is 4.79 Å². The highest BCUT2D eigenvalue weighted by molar-refractivity contribution is 5.72. The van der Waals surface area contributed by atoms with E-state index in [0.717, 1.165) is 5.56 Å². The molecule has 2 rings (SSSR count). The first-order chi connectivity index (χ1) is 9.28. The zero-order valence-corrected chi connectivity index (χ0v) is 10.7. The second kappa shape index (κ2) is 6.54. The first-order valence-corrected chi connectivity index (χ1v) is 6.11. The van der Waals surface area contributed by atoms with Crippen molar-refractivity contribution in [2.24, 2.45) is 0 Å². The van der Waals surface area contributed by atoms with Crippen molar-refractivity contribution in [2.45, 2.75) is 13.3 Å². The minimum Gasteiger partial charge on any atom is -0.466 e. The molecule has 0 aliphatic rings. The molecule has 4 nitrogen and oxygen atoms in total. The van der Waals surface area contributed by atoms with Crippen LogP contribution in [0, 0.1) is 0 Å². The number of carbonyl (C=O) groups is 1. The Balaban J connectivity index is 1.98. The van der Waals surface area contributed by atoms with E-state index >= 15 is 0 Å². The second-order valence-electron chi connectivity index (χ2n) is 3.90. The van der Waals surface area contributed by atoms with Gasteiger partial charge in [0.05, 0.1) is 18.7 Å². The summed E-state index contributed by atoms with van der Waals surface area (Å²) in [5.74, 6) is 0.178. The van der Waals surface area contributed by atoms with Crippen LogP contribution in [-0.4, -0.2) is 17.6 Å². The highest BCUT2D eigenvalue weighted by atomic mass is 16.5. The minimum atomic E-state index is -0.297. The Morgan fingerprint density at radius 1 is 1.32 bits per heavy atom. The standard InChI is InChI=1S/C15H15NO3/c1-2-18-15(17)10-13-11-19-14(16-13)9-8-12-6-4-3-5-7-12/h3-9,11H,2,10H2,1H3/b9-8+. The fraction of sp³-hybridized carbons (Fsp3) is 0.200. The van der Waals surface area contributed by atoms with Gasteiger partial charge in [-0.2, -0.15) is 0 Å². The van der Waals surface area contributed by atoms with Crippen LogP contribution >= 0.6 is 0 Å². The van der Waals surface area contributed by atoms with Gasteiger partial charge in [0.1, 0.15) is 6.26 Å². The molecule has 0 unspecified atom stereocenters. The van der Waals surface area contributed by atoms with Gasteiger partial charge in [0, 0.05) is 6.08 Å². The number of benzene rings is 1. The van der Waals surface area contributed by atoms with Crippen molar-refractivity contribution in [2.75, 3.05) is 6.61 Å². The smallest absolute Gasteiger partial charge is 0.311 e. The number of hydrogen-bond donors (Lipinski definition) is 0. The molecular weight excluding hydrogens is 242 g/mol. The Bertz CT molecular complexity index is 558. The maximum atomic E-state index is 11.3. The molecule has 0 spiro atoms. The van der Waals surface area contributed by atoms with Crippen molar-refractivity contribution in [1.82, 2.24) is 4.98 Å². The lowest BCUT2D eigenvalue weighted by molar-refractivity contribution is -0.142. The summed E-state index contributed by atoms with van der Waals surface area (Å²) < 4.78 is 10.1. The summed E-state index contributed by atoms with van der Waals surface area (Å²) in [6.45, 7) is 2.15. The first-order valence-electron chi connectivity index (χ1n) is 6.11. The third-order valence-electron chi connectivity index (χ3n) is 2.42. The van der Waals surface area contributed by atoms with Crippen LogP contribution in [0.3, 0.4) is 0 Å². The summed E-state index contributed by atoms with van der Waals surface area (Å²) in [7, 11) is 0. The molecule has 0 amide bonds. The van der Waals surface area contributed by atoms with Gasteiger partial charge in [-0.25, -0.2) is 4.98 Å². The van der Waals surface area contributed by atoms with E-state index in [0.29, 0.717) is 18.2 Å². The molecule has 0 fully saturated rings. The molecular formula is C15H15NO3. The Morgan fingerprint density at radius 3 is 2.84 bits per heavy atom. The normalized spacial score (nSPS) is 10.8. The molecule has 1 heterocycles. The van der Waals surface area contributed by atoms with E-state index in [2.05, 4.69) is 4.98 Å². The fourth-order valence-electron chi connectivity index (χ4n) is 1.57. The van der Waals surface area contributed by atoms with Crippen LogP contribution in [0.4, 0.5) is 0 Å². The molecule has 1 aromatic heterocycles. The third kappa shape index (κ3) is 4.10. The van der Waals surface area contributed by atoms with Crippen LogP contribution in [0.5, 0.6) is 0 Å². The van der Waals surface area contributed by atoms with E-state index < -0.39 is 0 Å². The van der Waals surface area contributed by atoms with Gasteiger partial charge in [0.25, 0.3) is 0 Å². The molecule has 0 saturated heterocycles. The summed E-state index contributed by atoms with van der Waals surface area (Å²) in [5, 5.41) is 0. The lowest BCUT2D eigenvalue weighted by atomic mass is 10.2. The van der Waals surface area contributed by atoms with Crippen LogP contribution in [0.2, 0.25) is 0 Å². The number of esters is 1. The maximum absolute atomic E-state index is 11.3. The van der Waals surface area contributed by atoms with Crippen LogP contribution in [0.15, 0.2) is 41.0 Å². The molecule has 2 aromatic rings. The molecule has 19 heavy (non-hydrogen) atoms. The number of aromatic nitrogens is 1. The molecule has 0 aliphatic carbocycles. The van der Waals surface area contributed by atoms with Gasteiger partial charge in [0.15, 0.2) is 0 Å². The molecule has 0 atom stereocenters. The fourth-order valence-corrected chi connectivity index (χ4v) is 1.57. The highest BCUT2D eigenvalue weighted by Crippen LogP contribution is 2.09. The summed E-state index contributed by atoms with van der Waals surface area (Å²) in [6, 6.07) is 9.85. The van der Waals surface area contributed by atoms with Crippen LogP contribution in [-0.2, 0) is 16.0 Å². The Morgan fingerprint density at radius 2 is 2.11 bits per heavy atom. The van der Waals surface area contributed by atoms with E-state index in [1.165, 1.54) is 6.26 Å². The van der Waals surface area contributed by atoms with Crippen molar-refractivity contribution >= 4 is 18.1 Å². The first kappa shape index (κ1) is 13.1. The second-order valence-corrected chi connectivity index (χ2v) is 3.90. The number of carbonyl (C=O) groups excluding carboxylic acids is 1. The molecule has 0 N–H and O–H groups in total. The summed E-state index contributed by atoms with van der Waals surface area (Å²) in [4.78, 5) is 15.5. The lowest BCUT2D eigenvalue weighted by Gasteiger charge is -1.96. The molecule has 1 aromatic carbocycles. The average Bonchev–Trinajstić information content (AvgIpc) is 2.85. The van der Waals surface area contributed by atoms with Crippen molar-refractivity contribution in [3.05, 3.63) is 53.7 Å². The van der Waals surface area contributed by atoms with Crippen molar-refractivity contribution < 1.29 is 13.9 Å². The third-order valence-corrected chi connectivity index (χ3v) is 2.42. The van der Waals surface area contributed by atoms with Crippen LogP contribution in [0.1, 0.15) is 24.1 Å². The number of oxazole rings is 1. The van der Waals surface area contributed by atoms with Crippen molar-refractivity contribution in [1.29, 1.82) is 0 Å². The van der Waals surface area contributed by atoms with Crippen LogP contribution in [0.25, 0.3) is 12.2 Å². The zero-order valence-electron chi connectivity index (χ0n) is 10.7. The highest BCUT2D eigenvalue weighted by Gasteiger charge is 2.08. The number of ether oxygens (including phenoxy) is 1. The van der Waals surface area contributed by atoms with Gasteiger partial charge in [-0.05, 0) is 18.6 Å². The predicted molar refractivity (Wildman–Crippen MR) is 72.2 cm³/mol. The molecule has 0 radical (unpaired) electrons.